The SMILES string of the molecule is COc1ccc(S(=O)(=O)NC(c2cccs2)C2CCOCC2)cc1F. The van der Waals surface area contributed by atoms with Crippen molar-refractivity contribution in [1.82, 2.24) is 4.72 Å². The molecule has 1 aromatic carbocycles. The highest BCUT2D eigenvalue weighted by Crippen LogP contribution is 2.34. The van der Waals surface area contributed by atoms with Crippen LogP contribution in [0.15, 0.2) is 40.6 Å². The molecular weight excluding hydrogens is 365 g/mol. The maximum Gasteiger partial charge on any atom is 0.241 e. The van der Waals surface area contributed by atoms with Gasteiger partial charge in [-0.25, -0.2) is 17.5 Å². The molecule has 25 heavy (non-hydrogen) atoms. The first-order chi connectivity index (χ1) is 12.0. The van der Waals surface area contributed by atoms with E-state index < -0.39 is 15.8 Å². The van der Waals surface area contributed by atoms with Gasteiger partial charge in [-0.2, -0.15) is 0 Å². The number of halogens is 1. The summed E-state index contributed by atoms with van der Waals surface area (Å²) >= 11 is 1.51. The van der Waals surface area contributed by atoms with Crippen molar-refractivity contribution in [2.45, 2.75) is 23.8 Å². The summed E-state index contributed by atoms with van der Waals surface area (Å²) in [5.41, 5.74) is 0. The molecule has 1 fully saturated rings. The summed E-state index contributed by atoms with van der Waals surface area (Å²) in [4.78, 5) is 0.837. The number of thiophene rings is 1. The molecule has 1 aliphatic rings. The molecule has 2 heterocycles. The average Bonchev–Trinajstić information content (AvgIpc) is 3.15. The fraction of sp³-hybridized carbons (Fsp3) is 0.412. The molecule has 136 valence electrons. The van der Waals surface area contributed by atoms with E-state index in [1.165, 1.54) is 30.6 Å². The number of sulfonamides is 1. The number of benzene rings is 1. The van der Waals surface area contributed by atoms with Crippen molar-refractivity contribution in [3.63, 3.8) is 0 Å². The molecule has 0 spiro atoms. The van der Waals surface area contributed by atoms with E-state index >= 15 is 0 Å². The van der Waals surface area contributed by atoms with E-state index in [0.717, 1.165) is 23.8 Å². The Morgan fingerprint density at radius 3 is 2.68 bits per heavy atom. The highest BCUT2D eigenvalue weighted by Gasteiger charge is 2.31. The average molecular weight is 385 g/mol. The number of hydrogen-bond donors (Lipinski definition) is 1. The first-order valence-corrected chi connectivity index (χ1v) is 10.3. The van der Waals surface area contributed by atoms with Crippen LogP contribution in [0.1, 0.15) is 23.8 Å². The fourth-order valence-electron chi connectivity index (χ4n) is 2.95. The van der Waals surface area contributed by atoms with Crippen molar-refractivity contribution in [3.05, 3.63) is 46.4 Å². The van der Waals surface area contributed by atoms with Crippen molar-refractivity contribution >= 4 is 21.4 Å². The van der Waals surface area contributed by atoms with Gasteiger partial charge in [-0.05, 0) is 48.4 Å². The molecular formula is C17H20FNO4S2. The number of nitrogens with one attached hydrogen (secondary N) is 1. The van der Waals surface area contributed by atoms with Crippen LogP contribution in [0.3, 0.4) is 0 Å². The Bertz CT molecular complexity index is 802. The summed E-state index contributed by atoms with van der Waals surface area (Å²) in [7, 11) is -2.53. The third-order valence-electron chi connectivity index (χ3n) is 4.30. The Hall–Kier alpha value is -1.48. The van der Waals surface area contributed by atoms with Crippen LogP contribution < -0.4 is 9.46 Å². The van der Waals surface area contributed by atoms with Crippen LogP contribution in [0.2, 0.25) is 0 Å². The largest absolute Gasteiger partial charge is 0.494 e. The summed E-state index contributed by atoms with van der Waals surface area (Å²) in [6.07, 6.45) is 1.56. The Kier molecular flexibility index (Phi) is 5.73. The normalized spacial score (nSPS) is 17.4. The molecule has 1 saturated heterocycles. The van der Waals surface area contributed by atoms with Crippen molar-refractivity contribution in [2.75, 3.05) is 20.3 Å². The molecule has 2 aromatic rings. The highest BCUT2D eigenvalue weighted by atomic mass is 32.2. The van der Waals surface area contributed by atoms with Gasteiger partial charge in [0.25, 0.3) is 0 Å². The van der Waals surface area contributed by atoms with Gasteiger partial charge in [0.15, 0.2) is 11.6 Å². The van der Waals surface area contributed by atoms with E-state index in [0.29, 0.717) is 13.2 Å². The molecule has 0 aliphatic carbocycles. The minimum atomic E-state index is -3.86. The third kappa shape index (κ3) is 4.20. The van der Waals surface area contributed by atoms with Crippen molar-refractivity contribution in [2.24, 2.45) is 5.92 Å². The van der Waals surface area contributed by atoms with Crippen LogP contribution in [0.5, 0.6) is 5.75 Å². The van der Waals surface area contributed by atoms with Gasteiger partial charge in [0.2, 0.25) is 10.0 Å². The summed E-state index contributed by atoms with van der Waals surface area (Å²) in [6.45, 7) is 1.23. The van der Waals surface area contributed by atoms with Gasteiger partial charge in [0.05, 0.1) is 18.0 Å². The zero-order valence-corrected chi connectivity index (χ0v) is 15.4. The lowest BCUT2D eigenvalue weighted by Crippen LogP contribution is -2.35. The molecule has 1 unspecified atom stereocenters. The fourth-order valence-corrected chi connectivity index (χ4v) is 5.19. The lowest BCUT2D eigenvalue weighted by molar-refractivity contribution is 0.0568. The van der Waals surface area contributed by atoms with Crippen molar-refractivity contribution in [3.8, 4) is 5.75 Å². The van der Waals surface area contributed by atoms with E-state index in [2.05, 4.69) is 4.72 Å². The lowest BCUT2D eigenvalue weighted by Gasteiger charge is -2.30. The van der Waals surface area contributed by atoms with Gasteiger partial charge in [0, 0.05) is 18.1 Å². The second kappa shape index (κ2) is 7.82. The van der Waals surface area contributed by atoms with Gasteiger partial charge in [-0.15, -0.1) is 11.3 Å². The summed E-state index contributed by atoms with van der Waals surface area (Å²) in [6, 6.07) is 7.11. The number of methoxy groups -OCH3 is 1. The molecule has 1 aliphatic heterocycles. The van der Waals surface area contributed by atoms with E-state index in [1.807, 2.05) is 17.5 Å². The molecule has 1 atom stereocenters. The maximum absolute atomic E-state index is 13.9. The molecule has 0 saturated carbocycles. The Labute approximate surface area is 150 Å². The van der Waals surface area contributed by atoms with Gasteiger partial charge in [0.1, 0.15) is 0 Å². The first kappa shape index (κ1) is 18.3. The van der Waals surface area contributed by atoms with Crippen LogP contribution in [0, 0.1) is 11.7 Å². The zero-order chi connectivity index (χ0) is 17.9. The second-order valence-electron chi connectivity index (χ2n) is 5.86. The molecule has 0 amide bonds. The van der Waals surface area contributed by atoms with Crippen molar-refractivity contribution < 1.29 is 22.3 Å². The quantitative estimate of drug-likeness (QED) is 0.828. The standard InChI is InChI=1S/C17H20FNO4S2/c1-22-15-5-4-13(11-14(15)18)25(20,21)19-17(16-3-2-10-24-16)12-6-8-23-9-7-12/h2-5,10-12,17,19H,6-9H2,1H3. The molecule has 0 bridgehead atoms. The number of rotatable bonds is 6. The Balaban J connectivity index is 1.88. The number of hydrogen-bond acceptors (Lipinski definition) is 5. The molecule has 0 radical (unpaired) electrons. The van der Waals surface area contributed by atoms with Crippen LogP contribution >= 0.6 is 11.3 Å². The van der Waals surface area contributed by atoms with Crippen LogP contribution in [0.25, 0.3) is 0 Å². The first-order valence-electron chi connectivity index (χ1n) is 7.98. The van der Waals surface area contributed by atoms with Gasteiger partial charge in [-0.3, -0.25) is 0 Å². The van der Waals surface area contributed by atoms with Gasteiger partial charge < -0.3 is 9.47 Å². The van der Waals surface area contributed by atoms with E-state index in [9.17, 15) is 12.8 Å². The molecule has 5 nitrogen and oxygen atoms in total. The minimum absolute atomic E-state index is 0.0122. The molecule has 8 heteroatoms. The molecule has 3 rings (SSSR count). The second-order valence-corrected chi connectivity index (χ2v) is 8.55. The van der Waals surface area contributed by atoms with Crippen LogP contribution in [-0.4, -0.2) is 28.7 Å². The summed E-state index contributed by atoms with van der Waals surface area (Å²) < 4.78 is 52.5. The predicted octanol–water partition coefficient (Wildman–Crippen LogP) is 3.34. The predicted molar refractivity (Wildman–Crippen MR) is 93.9 cm³/mol. The third-order valence-corrected chi connectivity index (χ3v) is 6.70. The Morgan fingerprint density at radius 2 is 2.08 bits per heavy atom. The smallest absolute Gasteiger partial charge is 0.241 e. The van der Waals surface area contributed by atoms with Crippen molar-refractivity contribution in [1.29, 1.82) is 0 Å². The lowest BCUT2D eigenvalue weighted by atomic mass is 9.91. The van der Waals surface area contributed by atoms with Gasteiger partial charge >= 0.3 is 0 Å². The maximum atomic E-state index is 13.9. The van der Waals surface area contributed by atoms with E-state index in [1.54, 1.807) is 0 Å². The van der Waals surface area contributed by atoms with E-state index in [-0.39, 0.29) is 22.6 Å². The van der Waals surface area contributed by atoms with Crippen LogP contribution in [-0.2, 0) is 14.8 Å². The Morgan fingerprint density at radius 1 is 1.32 bits per heavy atom. The van der Waals surface area contributed by atoms with Gasteiger partial charge in [-0.1, -0.05) is 6.07 Å². The summed E-state index contributed by atoms with van der Waals surface area (Å²) in [5.74, 6) is -0.549. The monoisotopic (exact) mass is 385 g/mol. The molecule has 1 N–H and O–H groups in total. The summed E-state index contributed by atoms with van der Waals surface area (Å²) in [5, 5.41) is 1.92. The number of ether oxygens (including phenoxy) is 2. The highest BCUT2D eigenvalue weighted by molar-refractivity contribution is 7.89. The topological polar surface area (TPSA) is 64.6 Å². The van der Waals surface area contributed by atoms with E-state index in [4.69, 9.17) is 9.47 Å². The van der Waals surface area contributed by atoms with Crippen LogP contribution in [0.4, 0.5) is 4.39 Å². The minimum Gasteiger partial charge on any atom is -0.494 e. The molecule has 1 aromatic heterocycles. The zero-order valence-electron chi connectivity index (χ0n) is 13.8.